The normalized spacial score (nSPS) is 15.0. The second-order valence-corrected chi connectivity index (χ2v) is 9.48. The quantitative estimate of drug-likeness (QED) is 0.153. The number of carbonyl (C=O) groups excluding carboxylic acids is 2. The van der Waals surface area contributed by atoms with Gasteiger partial charge >= 0.3 is 5.97 Å². The summed E-state index contributed by atoms with van der Waals surface area (Å²) in [7, 11) is 0. The molecule has 156 valence electrons. The van der Waals surface area contributed by atoms with Crippen molar-refractivity contribution in [1.82, 2.24) is 4.90 Å². The maximum absolute atomic E-state index is 12.7. The van der Waals surface area contributed by atoms with Crippen molar-refractivity contribution in [3.05, 3.63) is 68.1 Å². The Hall–Kier alpha value is -1.91. The average molecular weight is 552 g/mol. The number of esters is 1. The third-order valence-electron chi connectivity index (χ3n) is 4.33. The minimum Gasteiger partial charge on any atom is -0.462 e. The second-order valence-electron chi connectivity index (χ2n) is 6.56. The van der Waals surface area contributed by atoms with Gasteiger partial charge in [0.2, 0.25) is 0 Å². The van der Waals surface area contributed by atoms with Crippen molar-refractivity contribution < 1.29 is 14.3 Å². The molecule has 0 spiro atoms. The molecule has 0 radical (unpaired) electrons. The van der Waals surface area contributed by atoms with Crippen molar-refractivity contribution in [3.8, 4) is 0 Å². The number of thiocarbonyl (C=S) groups is 1. The van der Waals surface area contributed by atoms with Crippen LogP contribution in [0.3, 0.4) is 0 Å². The molecule has 2 aromatic carbocycles. The first-order valence-corrected chi connectivity index (χ1v) is 11.8. The fourth-order valence-corrected chi connectivity index (χ4v) is 4.25. The van der Waals surface area contributed by atoms with Gasteiger partial charge in [0.15, 0.2) is 0 Å². The Morgan fingerprint density at radius 2 is 1.90 bits per heavy atom. The number of nitrogens with one attached hydrogen (secondary N) is 1. The predicted molar refractivity (Wildman–Crippen MR) is 134 cm³/mol. The van der Waals surface area contributed by atoms with Crippen LogP contribution < -0.4 is 5.32 Å². The molecule has 0 atom stereocenters. The zero-order valence-electron chi connectivity index (χ0n) is 16.4. The molecule has 8 heteroatoms. The fraction of sp³-hybridized carbons (Fsp3) is 0.227. The molecule has 1 N–H and O–H groups in total. The van der Waals surface area contributed by atoms with Crippen LogP contribution in [0.2, 0.25) is 0 Å². The van der Waals surface area contributed by atoms with E-state index in [1.807, 2.05) is 37.3 Å². The Kier molecular flexibility index (Phi) is 8.29. The maximum Gasteiger partial charge on any atom is 0.338 e. The third kappa shape index (κ3) is 6.05. The lowest BCUT2D eigenvalue weighted by atomic mass is 10.2. The molecule has 1 saturated heterocycles. The highest BCUT2D eigenvalue weighted by Gasteiger charge is 2.31. The first-order valence-electron chi connectivity index (χ1n) is 9.50. The highest BCUT2D eigenvalue weighted by Crippen LogP contribution is 2.32. The lowest BCUT2D eigenvalue weighted by Crippen LogP contribution is -2.33. The van der Waals surface area contributed by atoms with Gasteiger partial charge in [-0.15, -0.1) is 0 Å². The Morgan fingerprint density at radius 1 is 1.20 bits per heavy atom. The van der Waals surface area contributed by atoms with Crippen molar-refractivity contribution in [2.75, 3.05) is 18.6 Å². The number of thioether (sulfide) groups is 1. The van der Waals surface area contributed by atoms with Gasteiger partial charge in [0.25, 0.3) is 5.91 Å². The van der Waals surface area contributed by atoms with Crippen LogP contribution in [0.5, 0.6) is 0 Å². The number of unbranched alkanes of at least 4 members (excludes halogenated alkanes) is 1. The van der Waals surface area contributed by atoms with E-state index in [4.69, 9.17) is 17.0 Å². The summed E-state index contributed by atoms with van der Waals surface area (Å²) in [5.74, 6) is -0.445. The molecular formula is C22H21IN2O3S2. The number of carbonyl (C=O) groups is 2. The second kappa shape index (κ2) is 10.9. The molecule has 0 aliphatic carbocycles. The van der Waals surface area contributed by atoms with E-state index in [-0.39, 0.29) is 18.5 Å². The van der Waals surface area contributed by atoms with Crippen molar-refractivity contribution >= 4 is 74.5 Å². The van der Waals surface area contributed by atoms with E-state index in [0.717, 1.165) is 27.7 Å². The smallest absolute Gasteiger partial charge is 0.338 e. The van der Waals surface area contributed by atoms with Gasteiger partial charge in [-0.1, -0.05) is 49.5 Å². The number of rotatable bonds is 8. The summed E-state index contributed by atoms with van der Waals surface area (Å²) >= 11 is 8.92. The van der Waals surface area contributed by atoms with E-state index in [1.54, 1.807) is 24.3 Å². The number of nitrogens with zero attached hydrogens (tertiary/aromatic N) is 1. The van der Waals surface area contributed by atoms with Crippen molar-refractivity contribution in [1.29, 1.82) is 0 Å². The number of hydrogen-bond donors (Lipinski definition) is 1. The molecular weight excluding hydrogens is 531 g/mol. The summed E-state index contributed by atoms with van der Waals surface area (Å²) in [6.45, 7) is 2.74. The number of halogens is 1. The molecule has 1 aliphatic rings. The molecule has 1 amide bonds. The van der Waals surface area contributed by atoms with E-state index < -0.39 is 0 Å². The van der Waals surface area contributed by atoms with Gasteiger partial charge < -0.3 is 10.1 Å². The van der Waals surface area contributed by atoms with Crippen molar-refractivity contribution in [2.45, 2.75) is 19.8 Å². The lowest BCUT2D eigenvalue weighted by molar-refractivity contribution is -0.121. The maximum atomic E-state index is 12.7. The third-order valence-corrected chi connectivity index (χ3v) is 6.43. The summed E-state index contributed by atoms with van der Waals surface area (Å²) in [6.07, 6.45) is 3.69. The van der Waals surface area contributed by atoms with Gasteiger partial charge in [0.1, 0.15) is 4.32 Å². The largest absolute Gasteiger partial charge is 0.462 e. The van der Waals surface area contributed by atoms with Crippen molar-refractivity contribution in [3.63, 3.8) is 0 Å². The average Bonchev–Trinajstić information content (AvgIpc) is 3.01. The number of hydrogen-bond acceptors (Lipinski definition) is 6. The number of anilines is 1. The van der Waals surface area contributed by atoms with E-state index in [9.17, 15) is 9.59 Å². The van der Waals surface area contributed by atoms with Gasteiger partial charge in [-0.2, -0.15) is 0 Å². The van der Waals surface area contributed by atoms with E-state index in [1.165, 1.54) is 16.7 Å². The van der Waals surface area contributed by atoms with E-state index >= 15 is 0 Å². The van der Waals surface area contributed by atoms with Crippen LogP contribution in [0.15, 0.2) is 53.4 Å². The Labute approximate surface area is 199 Å². The molecule has 0 aromatic heterocycles. The number of ether oxygens (including phenoxy) is 1. The predicted octanol–water partition coefficient (Wildman–Crippen LogP) is 5.52. The fourth-order valence-electron chi connectivity index (χ4n) is 2.63. The van der Waals surface area contributed by atoms with Gasteiger partial charge in [-0.25, -0.2) is 4.79 Å². The molecule has 1 aliphatic heterocycles. The van der Waals surface area contributed by atoms with Gasteiger partial charge in [-0.05, 0) is 77.0 Å². The summed E-state index contributed by atoms with van der Waals surface area (Å²) in [5.41, 5.74) is 2.25. The zero-order chi connectivity index (χ0) is 21.5. The first kappa shape index (κ1) is 22.8. The van der Waals surface area contributed by atoms with Crippen LogP contribution in [0.4, 0.5) is 5.69 Å². The molecule has 1 heterocycles. The van der Waals surface area contributed by atoms with E-state index in [0.29, 0.717) is 21.4 Å². The van der Waals surface area contributed by atoms with Crippen LogP contribution in [0, 0.1) is 3.57 Å². The first-order chi connectivity index (χ1) is 14.5. The molecule has 1 fully saturated rings. The standard InChI is InChI=1S/C22H21IN2O3S2/c1-2-3-12-28-21(27)16-6-10-18(11-7-16)24-14-25-20(26)19(30-22(25)29)13-15-4-8-17(23)9-5-15/h4-11,13,24H,2-3,12,14H2,1H3. The van der Waals surface area contributed by atoms with Crippen LogP contribution in [0.25, 0.3) is 6.08 Å². The van der Waals surface area contributed by atoms with Gasteiger partial charge in [0, 0.05) is 9.26 Å². The van der Waals surface area contributed by atoms with Gasteiger partial charge in [0.05, 0.1) is 23.7 Å². The topological polar surface area (TPSA) is 58.6 Å². The Balaban J connectivity index is 1.57. The minimum absolute atomic E-state index is 0.118. The molecule has 3 rings (SSSR count). The Morgan fingerprint density at radius 3 is 2.57 bits per heavy atom. The van der Waals surface area contributed by atoms with Crippen LogP contribution in [-0.4, -0.2) is 34.4 Å². The van der Waals surface area contributed by atoms with Gasteiger partial charge in [-0.3, -0.25) is 9.69 Å². The van der Waals surface area contributed by atoms with Crippen LogP contribution in [-0.2, 0) is 9.53 Å². The van der Waals surface area contributed by atoms with E-state index in [2.05, 4.69) is 27.9 Å². The molecule has 0 unspecified atom stereocenters. The molecule has 30 heavy (non-hydrogen) atoms. The lowest BCUT2D eigenvalue weighted by Gasteiger charge is -2.16. The van der Waals surface area contributed by atoms with Crippen LogP contribution >= 0.6 is 46.6 Å². The SMILES string of the molecule is CCCCOC(=O)c1ccc(NCN2C(=O)C(=Cc3ccc(I)cc3)SC2=S)cc1. The minimum atomic E-state index is -0.326. The monoisotopic (exact) mass is 552 g/mol. The summed E-state index contributed by atoms with van der Waals surface area (Å²) < 4.78 is 6.86. The summed E-state index contributed by atoms with van der Waals surface area (Å²) in [6, 6.07) is 14.9. The highest BCUT2D eigenvalue weighted by atomic mass is 127. The molecule has 0 bridgehead atoms. The van der Waals surface area contributed by atoms with Crippen LogP contribution in [0.1, 0.15) is 35.7 Å². The molecule has 5 nitrogen and oxygen atoms in total. The summed E-state index contributed by atoms with van der Waals surface area (Å²) in [5, 5.41) is 3.18. The van der Waals surface area contributed by atoms with Crippen molar-refractivity contribution in [2.24, 2.45) is 0 Å². The Bertz CT molecular complexity index is 959. The number of benzene rings is 2. The zero-order valence-corrected chi connectivity index (χ0v) is 20.2. The molecule has 0 saturated carbocycles. The number of amides is 1. The summed E-state index contributed by atoms with van der Waals surface area (Å²) in [4.78, 5) is 26.8. The highest BCUT2D eigenvalue weighted by molar-refractivity contribution is 14.1. The molecule has 2 aromatic rings.